The first-order valence-corrected chi connectivity index (χ1v) is 6.45. The van der Waals surface area contributed by atoms with E-state index in [2.05, 4.69) is 4.98 Å². The first kappa shape index (κ1) is 12.1. The molecule has 0 unspecified atom stereocenters. The fourth-order valence-corrected chi connectivity index (χ4v) is 2.54. The molecule has 0 atom stereocenters. The van der Waals surface area contributed by atoms with Crippen molar-refractivity contribution >= 4 is 11.6 Å². The van der Waals surface area contributed by atoms with Gasteiger partial charge in [-0.25, -0.2) is 4.98 Å². The molecule has 17 heavy (non-hydrogen) atoms. The Morgan fingerprint density at radius 1 is 1.29 bits per heavy atom. The second kappa shape index (κ2) is 5.30. The first-order chi connectivity index (χ1) is 8.18. The van der Waals surface area contributed by atoms with Gasteiger partial charge in [-0.3, -0.25) is 4.79 Å². The number of nitrogens with two attached hydrogens (primary N) is 1. The molecule has 0 radical (unpaired) electrons. The number of aryl methyl sites for hydroxylation is 1. The summed E-state index contributed by atoms with van der Waals surface area (Å²) in [6.45, 7) is 1.94. The maximum Gasteiger partial charge on any atom is 0.169 e. The molecule has 0 amide bonds. The fourth-order valence-electron chi connectivity index (χ4n) is 2.54. The maximum absolute atomic E-state index is 12.4. The normalized spacial score (nSPS) is 17.7. The Morgan fingerprint density at radius 2 is 1.94 bits per heavy atom. The number of hydrogen-bond acceptors (Lipinski definition) is 3. The molecule has 1 heterocycles. The van der Waals surface area contributed by atoms with E-state index in [1.807, 2.05) is 13.0 Å². The molecule has 0 aromatic carbocycles. The van der Waals surface area contributed by atoms with E-state index in [0.717, 1.165) is 31.2 Å². The van der Waals surface area contributed by atoms with Crippen LogP contribution in [0.1, 0.15) is 54.4 Å². The van der Waals surface area contributed by atoms with Crippen LogP contribution in [0.2, 0.25) is 0 Å². The van der Waals surface area contributed by atoms with Crippen LogP contribution in [0.25, 0.3) is 0 Å². The second-order valence-electron chi connectivity index (χ2n) is 5.00. The van der Waals surface area contributed by atoms with Gasteiger partial charge < -0.3 is 5.73 Å². The molecule has 92 valence electrons. The van der Waals surface area contributed by atoms with Crippen molar-refractivity contribution in [1.82, 2.24) is 4.98 Å². The lowest BCUT2D eigenvalue weighted by molar-refractivity contribution is 0.0908. The van der Waals surface area contributed by atoms with Crippen molar-refractivity contribution in [1.29, 1.82) is 0 Å². The summed E-state index contributed by atoms with van der Waals surface area (Å²) in [5.74, 6) is 0.730. The predicted octanol–water partition coefficient (Wildman–Crippen LogP) is 3.13. The molecule has 1 aliphatic rings. The minimum Gasteiger partial charge on any atom is -0.383 e. The number of Topliss-reactive ketones (excluding diaryl/α,β-unsaturated/α-hetero) is 1. The predicted molar refractivity (Wildman–Crippen MR) is 68.9 cm³/mol. The second-order valence-corrected chi connectivity index (χ2v) is 5.00. The van der Waals surface area contributed by atoms with Gasteiger partial charge in [-0.05, 0) is 31.4 Å². The van der Waals surface area contributed by atoms with E-state index in [0.29, 0.717) is 11.4 Å². The van der Waals surface area contributed by atoms with E-state index in [1.54, 1.807) is 6.20 Å². The Balaban J connectivity index is 2.20. The number of pyridine rings is 1. The van der Waals surface area contributed by atoms with Gasteiger partial charge in [0, 0.05) is 12.1 Å². The molecule has 1 saturated carbocycles. The summed E-state index contributed by atoms with van der Waals surface area (Å²) < 4.78 is 0. The van der Waals surface area contributed by atoms with Gasteiger partial charge in [-0.2, -0.15) is 0 Å². The standard InChI is InChI=1S/C14H20N2O/c1-10-8-12(14(15)16-9-10)13(17)11-6-4-2-3-5-7-11/h8-9,11H,2-7H2,1H3,(H2,15,16). The molecule has 0 bridgehead atoms. The summed E-state index contributed by atoms with van der Waals surface area (Å²) in [6.07, 6.45) is 8.55. The number of carbonyl (C=O) groups excluding carboxylic acids is 1. The highest BCUT2D eigenvalue weighted by molar-refractivity contribution is 6.01. The highest BCUT2D eigenvalue weighted by Crippen LogP contribution is 2.27. The Bertz CT molecular complexity index is 407. The summed E-state index contributed by atoms with van der Waals surface area (Å²) in [7, 11) is 0. The van der Waals surface area contributed by atoms with Crippen molar-refractivity contribution in [2.45, 2.75) is 45.4 Å². The van der Waals surface area contributed by atoms with Crippen LogP contribution in [0.3, 0.4) is 0 Å². The van der Waals surface area contributed by atoms with E-state index in [9.17, 15) is 4.79 Å². The van der Waals surface area contributed by atoms with Crippen LogP contribution in [0.4, 0.5) is 5.82 Å². The number of aromatic nitrogens is 1. The van der Waals surface area contributed by atoms with Gasteiger partial charge in [0.15, 0.2) is 5.78 Å². The first-order valence-electron chi connectivity index (χ1n) is 6.45. The molecule has 0 saturated heterocycles. The summed E-state index contributed by atoms with van der Waals surface area (Å²) in [4.78, 5) is 16.5. The van der Waals surface area contributed by atoms with Gasteiger partial charge in [0.1, 0.15) is 5.82 Å². The molecule has 1 aromatic rings. The van der Waals surface area contributed by atoms with Crippen LogP contribution in [0.5, 0.6) is 0 Å². The lowest BCUT2D eigenvalue weighted by Gasteiger charge is -2.14. The van der Waals surface area contributed by atoms with Crippen molar-refractivity contribution in [2.75, 3.05) is 5.73 Å². The summed E-state index contributed by atoms with van der Waals surface area (Å²) in [5, 5.41) is 0. The number of nitrogen functional groups attached to an aromatic ring is 1. The van der Waals surface area contributed by atoms with Crippen molar-refractivity contribution in [3.63, 3.8) is 0 Å². The SMILES string of the molecule is Cc1cnc(N)c(C(=O)C2CCCCCC2)c1. The highest BCUT2D eigenvalue weighted by atomic mass is 16.1. The van der Waals surface area contributed by atoms with Crippen LogP contribution >= 0.6 is 0 Å². The number of hydrogen-bond donors (Lipinski definition) is 1. The third kappa shape index (κ3) is 2.84. The lowest BCUT2D eigenvalue weighted by Crippen LogP contribution is -2.16. The van der Waals surface area contributed by atoms with Crippen molar-refractivity contribution in [3.8, 4) is 0 Å². The van der Waals surface area contributed by atoms with E-state index in [1.165, 1.54) is 12.8 Å². The van der Waals surface area contributed by atoms with Crippen LogP contribution < -0.4 is 5.73 Å². The van der Waals surface area contributed by atoms with Gasteiger partial charge in [-0.15, -0.1) is 0 Å². The van der Waals surface area contributed by atoms with Crippen molar-refractivity contribution in [3.05, 3.63) is 23.4 Å². The highest BCUT2D eigenvalue weighted by Gasteiger charge is 2.23. The topological polar surface area (TPSA) is 56.0 Å². The summed E-state index contributed by atoms with van der Waals surface area (Å²) in [6, 6.07) is 1.87. The Kier molecular flexibility index (Phi) is 3.77. The molecule has 3 nitrogen and oxygen atoms in total. The third-order valence-corrected chi connectivity index (χ3v) is 3.55. The van der Waals surface area contributed by atoms with Crippen LogP contribution in [-0.4, -0.2) is 10.8 Å². The zero-order valence-electron chi connectivity index (χ0n) is 10.4. The number of nitrogens with zero attached hydrogens (tertiary/aromatic N) is 1. The van der Waals surface area contributed by atoms with Gasteiger partial charge in [0.05, 0.1) is 5.56 Å². The van der Waals surface area contributed by atoms with Crippen LogP contribution in [-0.2, 0) is 0 Å². The lowest BCUT2D eigenvalue weighted by atomic mass is 9.91. The molecule has 1 fully saturated rings. The summed E-state index contributed by atoms with van der Waals surface area (Å²) in [5.41, 5.74) is 7.42. The molecule has 0 aliphatic heterocycles. The van der Waals surface area contributed by atoms with Gasteiger partial charge in [0.2, 0.25) is 0 Å². The van der Waals surface area contributed by atoms with Gasteiger partial charge in [-0.1, -0.05) is 25.7 Å². The third-order valence-electron chi connectivity index (χ3n) is 3.55. The molecule has 1 aliphatic carbocycles. The summed E-state index contributed by atoms with van der Waals surface area (Å²) >= 11 is 0. The number of ketones is 1. The molecular weight excluding hydrogens is 212 g/mol. The Hall–Kier alpha value is -1.38. The number of carbonyl (C=O) groups is 1. The molecular formula is C14H20N2O. The van der Waals surface area contributed by atoms with E-state index >= 15 is 0 Å². The number of rotatable bonds is 2. The van der Waals surface area contributed by atoms with E-state index in [4.69, 9.17) is 5.73 Å². The quantitative estimate of drug-likeness (QED) is 0.629. The van der Waals surface area contributed by atoms with Crippen molar-refractivity contribution in [2.24, 2.45) is 5.92 Å². The Morgan fingerprint density at radius 3 is 2.59 bits per heavy atom. The average Bonchev–Trinajstić information content (AvgIpc) is 2.60. The zero-order chi connectivity index (χ0) is 12.3. The molecule has 2 rings (SSSR count). The largest absolute Gasteiger partial charge is 0.383 e. The van der Waals surface area contributed by atoms with Gasteiger partial charge >= 0.3 is 0 Å². The van der Waals surface area contributed by atoms with E-state index < -0.39 is 0 Å². The average molecular weight is 232 g/mol. The fraction of sp³-hybridized carbons (Fsp3) is 0.571. The minimum absolute atomic E-state index is 0.156. The smallest absolute Gasteiger partial charge is 0.169 e. The molecule has 3 heteroatoms. The van der Waals surface area contributed by atoms with E-state index in [-0.39, 0.29) is 11.7 Å². The maximum atomic E-state index is 12.4. The molecule has 1 aromatic heterocycles. The molecule has 0 spiro atoms. The molecule has 2 N–H and O–H groups in total. The Labute approximate surface area is 102 Å². The van der Waals surface area contributed by atoms with Crippen LogP contribution in [0.15, 0.2) is 12.3 Å². The monoisotopic (exact) mass is 232 g/mol. The minimum atomic E-state index is 0.156. The number of anilines is 1. The zero-order valence-corrected chi connectivity index (χ0v) is 10.4. The van der Waals surface area contributed by atoms with Crippen molar-refractivity contribution < 1.29 is 4.79 Å². The van der Waals surface area contributed by atoms with Gasteiger partial charge in [0.25, 0.3) is 0 Å². The van der Waals surface area contributed by atoms with Crippen LogP contribution in [0, 0.1) is 12.8 Å².